The Hall–Kier alpha value is -2.70. The van der Waals surface area contributed by atoms with Crippen LogP contribution in [-0.4, -0.2) is 41.7 Å². The second-order valence-corrected chi connectivity index (χ2v) is 6.48. The van der Waals surface area contributed by atoms with E-state index in [4.69, 9.17) is 4.98 Å². The second kappa shape index (κ2) is 6.31. The number of fused-ring (bicyclic) bond motifs is 1. The summed E-state index contributed by atoms with van der Waals surface area (Å²) in [5.41, 5.74) is 3.27. The van der Waals surface area contributed by atoms with Crippen LogP contribution in [0.1, 0.15) is 54.1 Å². The molecule has 0 radical (unpaired) electrons. The zero-order chi connectivity index (χ0) is 17.4. The smallest absolute Gasteiger partial charge is 0.274 e. The van der Waals surface area contributed by atoms with E-state index >= 15 is 0 Å². The highest BCUT2D eigenvalue weighted by Gasteiger charge is 2.31. The summed E-state index contributed by atoms with van der Waals surface area (Å²) in [7, 11) is 0. The Balaban J connectivity index is 1.66. The van der Waals surface area contributed by atoms with Crippen molar-refractivity contribution in [3.63, 3.8) is 0 Å². The average Bonchev–Trinajstić information content (AvgIpc) is 3.26. The number of amides is 1. The van der Waals surface area contributed by atoms with Crippen LogP contribution in [0.2, 0.25) is 0 Å². The molecular formula is C18H22N6O. The van der Waals surface area contributed by atoms with E-state index < -0.39 is 0 Å². The van der Waals surface area contributed by atoms with Gasteiger partial charge in [0.25, 0.3) is 5.91 Å². The third-order valence-corrected chi connectivity index (χ3v) is 4.88. The van der Waals surface area contributed by atoms with Crippen molar-refractivity contribution in [3.05, 3.63) is 47.7 Å². The fraction of sp³-hybridized carbons (Fsp3) is 0.444. The number of hydrogen-bond acceptors (Lipinski definition) is 4. The fourth-order valence-electron chi connectivity index (χ4n) is 3.58. The minimum absolute atomic E-state index is 0.00446. The number of piperidine rings is 1. The van der Waals surface area contributed by atoms with Gasteiger partial charge in [0, 0.05) is 31.0 Å². The van der Waals surface area contributed by atoms with E-state index in [-0.39, 0.29) is 11.9 Å². The van der Waals surface area contributed by atoms with Crippen molar-refractivity contribution in [3.8, 4) is 0 Å². The molecule has 0 bridgehead atoms. The molecule has 25 heavy (non-hydrogen) atoms. The van der Waals surface area contributed by atoms with Crippen molar-refractivity contribution in [1.82, 2.24) is 29.3 Å². The highest BCUT2D eigenvalue weighted by Crippen LogP contribution is 2.31. The molecular weight excluding hydrogens is 316 g/mol. The summed E-state index contributed by atoms with van der Waals surface area (Å²) in [6.07, 6.45) is 6.69. The third kappa shape index (κ3) is 2.79. The quantitative estimate of drug-likeness (QED) is 0.736. The molecule has 1 amide bonds. The molecule has 1 aliphatic heterocycles. The van der Waals surface area contributed by atoms with Gasteiger partial charge in [0.15, 0.2) is 11.3 Å². The molecule has 1 saturated heterocycles. The van der Waals surface area contributed by atoms with Crippen LogP contribution >= 0.6 is 0 Å². The van der Waals surface area contributed by atoms with Crippen molar-refractivity contribution in [2.75, 3.05) is 6.54 Å². The van der Waals surface area contributed by atoms with Crippen LogP contribution < -0.4 is 0 Å². The second-order valence-electron chi connectivity index (χ2n) is 6.48. The minimum atomic E-state index is -0.00627. The SMILES string of the molecule is CCn1nc(C(=O)N2CCCC[C@H]2c2ccn3nccc3n2)cc1C. The first-order valence-electron chi connectivity index (χ1n) is 8.83. The number of aromatic nitrogens is 5. The third-order valence-electron chi connectivity index (χ3n) is 4.88. The van der Waals surface area contributed by atoms with Crippen LogP contribution in [0.3, 0.4) is 0 Å². The maximum Gasteiger partial charge on any atom is 0.274 e. The van der Waals surface area contributed by atoms with Gasteiger partial charge in [0.05, 0.1) is 17.9 Å². The van der Waals surface area contributed by atoms with Crippen molar-refractivity contribution in [1.29, 1.82) is 0 Å². The lowest BCUT2D eigenvalue weighted by molar-refractivity contribution is 0.0599. The molecule has 0 spiro atoms. The van der Waals surface area contributed by atoms with Gasteiger partial charge in [-0.05, 0) is 45.2 Å². The topological polar surface area (TPSA) is 68.3 Å². The molecule has 0 aromatic carbocycles. The number of carbonyl (C=O) groups excluding carboxylic acids is 1. The largest absolute Gasteiger partial charge is 0.329 e. The molecule has 7 heteroatoms. The molecule has 4 heterocycles. The lowest BCUT2D eigenvalue weighted by Gasteiger charge is -2.35. The zero-order valence-electron chi connectivity index (χ0n) is 14.6. The predicted molar refractivity (Wildman–Crippen MR) is 93.3 cm³/mol. The molecule has 0 unspecified atom stereocenters. The van der Waals surface area contributed by atoms with E-state index in [1.807, 2.05) is 47.8 Å². The Labute approximate surface area is 146 Å². The van der Waals surface area contributed by atoms with Gasteiger partial charge in [-0.3, -0.25) is 9.48 Å². The Kier molecular flexibility index (Phi) is 3.99. The van der Waals surface area contributed by atoms with Crippen molar-refractivity contribution >= 4 is 11.6 Å². The molecule has 0 saturated carbocycles. The van der Waals surface area contributed by atoms with Crippen LogP contribution in [0.4, 0.5) is 0 Å². The Bertz CT molecular complexity index is 911. The minimum Gasteiger partial charge on any atom is -0.329 e. The normalized spacial score (nSPS) is 18.0. The average molecular weight is 338 g/mol. The van der Waals surface area contributed by atoms with E-state index in [0.717, 1.165) is 49.4 Å². The Morgan fingerprint density at radius 2 is 2.20 bits per heavy atom. The molecule has 4 rings (SSSR count). The van der Waals surface area contributed by atoms with Crippen LogP contribution in [0.15, 0.2) is 30.6 Å². The number of aryl methyl sites for hydroxylation is 2. The number of likely N-dealkylation sites (tertiary alicyclic amines) is 1. The molecule has 0 N–H and O–H groups in total. The van der Waals surface area contributed by atoms with Crippen molar-refractivity contribution in [2.45, 2.75) is 45.7 Å². The standard InChI is InChI=1S/C18H22N6O/c1-3-23-13(2)12-15(21-23)18(25)22-10-5-4-6-16(22)14-8-11-24-17(20-14)7-9-19-24/h7-9,11-12,16H,3-6,10H2,1-2H3/t16-/m0/s1. The first-order valence-corrected chi connectivity index (χ1v) is 8.83. The maximum atomic E-state index is 13.1. The van der Waals surface area contributed by atoms with E-state index in [0.29, 0.717) is 5.69 Å². The Morgan fingerprint density at radius 3 is 3.00 bits per heavy atom. The highest BCUT2D eigenvalue weighted by atomic mass is 16.2. The van der Waals surface area contributed by atoms with E-state index in [2.05, 4.69) is 10.2 Å². The van der Waals surface area contributed by atoms with Gasteiger partial charge >= 0.3 is 0 Å². The van der Waals surface area contributed by atoms with E-state index in [1.165, 1.54) is 0 Å². The summed E-state index contributed by atoms with van der Waals surface area (Å²) in [5.74, 6) is -0.00446. The predicted octanol–water partition coefficient (Wildman–Crippen LogP) is 2.62. The first-order chi connectivity index (χ1) is 12.2. The lowest BCUT2D eigenvalue weighted by Crippen LogP contribution is -2.39. The molecule has 7 nitrogen and oxygen atoms in total. The zero-order valence-corrected chi connectivity index (χ0v) is 14.6. The van der Waals surface area contributed by atoms with Gasteiger partial charge in [-0.1, -0.05) is 0 Å². The highest BCUT2D eigenvalue weighted by molar-refractivity contribution is 5.92. The molecule has 3 aromatic heterocycles. The molecule has 1 atom stereocenters. The summed E-state index contributed by atoms with van der Waals surface area (Å²) in [5, 5.41) is 8.65. The number of hydrogen-bond donors (Lipinski definition) is 0. The number of nitrogens with zero attached hydrogens (tertiary/aromatic N) is 6. The van der Waals surface area contributed by atoms with Crippen LogP contribution in [0, 0.1) is 6.92 Å². The van der Waals surface area contributed by atoms with Gasteiger partial charge < -0.3 is 4.90 Å². The van der Waals surface area contributed by atoms with Gasteiger partial charge in [-0.25, -0.2) is 9.50 Å². The summed E-state index contributed by atoms with van der Waals surface area (Å²) < 4.78 is 3.60. The van der Waals surface area contributed by atoms with Gasteiger partial charge in [-0.15, -0.1) is 0 Å². The van der Waals surface area contributed by atoms with Crippen LogP contribution in [0.5, 0.6) is 0 Å². The molecule has 130 valence electrons. The molecule has 3 aromatic rings. The van der Waals surface area contributed by atoms with Crippen molar-refractivity contribution in [2.24, 2.45) is 0 Å². The molecule has 1 aliphatic rings. The van der Waals surface area contributed by atoms with Crippen LogP contribution in [-0.2, 0) is 6.54 Å². The summed E-state index contributed by atoms with van der Waals surface area (Å²) in [4.78, 5) is 19.7. The summed E-state index contributed by atoms with van der Waals surface area (Å²) in [6.45, 7) is 5.52. The van der Waals surface area contributed by atoms with Crippen molar-refractivity contribution < 1.29 is 4.79 Å². The summed E-state index contributed by atoms with van der Waals surface area (Å²) >= 11 is 0. The van der Waals surface area contributed by atoms with E-state index in [9.17, 15) is 4.79 Å². The lowest BCUT2D eigenvalue weighted by atomic mass is 9.98. The maximum absolute atomic E-state index is 13.1. The van der Waals surface area contributed by atoms with Crippen LogP contribution in [0.25, 0.3) is 5.65 Å². The number of rotatable bonds is 3. The van der Waals surface area contributed by atoms with E-state index in [1.54, 1.807) is 10.7 Å². The first kappa shape index (κ1) is 15.8. The Morgan fingerprint density at radius 1 is 1.32 bits per heavy atom. The fourth-order valence-corrected chi connectivity index (χ4v) is 3.58. The molecule has 0 aliphatic carbocycles. The molecule has 1 fully saturated rings. The van der Waals surface area contributed by atoms with Gasteiger partial charge in [-0.2, -0.15) is 10.2 Å². The summed E-state index contributed by atoms with van der Waals surface area (Å²) in [6, 6.07) is 5.72. The van der Waals surface area contributed by atoms with Gasteiger partial charge in [0.1, 0.15) is 0 Å². The number of carbonyl (C=O) groups is 1. The monoisotopic (exact) mass is 338 g/mol. The van der Waals surface area contributed by atoms with Gasteiger partial charge in [0.2, 0.25) is 0 Å².